The van der Waals surface area contributed by atoms with Gasteiger partial charge in [0.1, 0.15) is 0 Å². The third kappa shape index (κ3) is 7.01. The Labute approximate surface area is 91.8 Å². The van der Waals surface area contributed by atoms with Crippen molar-refractivity contribution in [3.63, 3.8) is 0 Å². The van der Waals surface area contributed by atoms with E-state index in [1.165, 1.54) is 6.42 Å². The first kappa shape index (κ1) is 13.6. The normalized spacial score (nSPS) is 14.7. The molecule has 0 aliphatic rings. The molecule has 0 fully saturated rings. The molecule has 0 aliphatic carbocycles. The summed E-state index contributed by atoms with van der Waals surface area (Å²) in [5, 5.41) is 0.645. The lowest BCUT2D eigenvalue weighted by molar-refractivity contribution is 0.232. The van der Waals surface area contributed by atoms with E-state index in [0.29, 0.717) is 5.25 Å². The molecule has 0 bridgehead atoms. The van der Waals surface area contributed by atoms with Gasteiger partial charge in [0.2, 0.25) is 0 Å². The fourth-order valence-electron chi connectivity index (χ4n) is 0.982. The molecule has 0 aliphatic heterocycles. The molecule has 0 amide bonds. The van der Waals surface area contributed by atoms with Crippen LogP contribution in [0.15, 0.2) is 16.8 Å². The van der Waals surface area contributed by atoms with Crippen molar-refractivity contribution >= 4 is 18.0 Å². The maximum absolute atomic E-state index is 5.27. The van der Waals surface area contributed by atoms with Gasteiger partial charge in [-0.2, -0.15) is 11.8 Å². The lowest BCUT2D eigenvalue weighted by Gasteiger charge is -2.06. The SMILES string of the molecule is CCO/C(C)=C/C=NCC(CC)SC. The van der Waals surface area contributed by atoms with Crippen LogP contribution in [0.5, 0.6) is 0 Å². The first-order valence-corrected chi connectivity index (χ1v) is 6.35. The number of nitrogens with zero attached hydrogens (tertiary/aromatic N) is 1. The van der Waals surface area contributed by atoms with Crippen molar-refractivity contribution in [2.45, 2.75) is 32.4 Å². The van der Waals surface area contributed by atoms with Crippen LogP contribution in [0.25, 0.3) is 0 Å². The van der Waals surface area contributed by atoms with E-state index in [-0.39, 0.29) is 0 Å². The highest BCUT2D eigenvalue weighted by molar-refractivity contribution is 7.99. The standard InChI is InChI=1S/C11H21NOS/c1-5-11(14-4)9-12-8-7-10(3)13-6-2/h7-8,11H,5-6,9H2,1-4H3/b10-7+,12-8?. The van der Waals surface area contributed by atoms with Crippen molar-refractivity contribution in [1.82, 2.24) is 0 Å². The van der Waals surface area contributed by atoms with E-state index in [4.69, 9.17) is 4.74 Å². The van der Waals surface area contributed by atoms with Gasteiger partial charge >= 0.3 is 0 Å². The van der Waals surface area contributed by atoms with E-state index in [2.05, 4.69) is 18.2 Å². The van der Waals surface area contributed by atoms with Crippen molar-refractivity contribution in [3.8, 4) is 0 Å². The Morgan fingerprint density at radius 1 is 1.50 bits per heavy atom. The molecule has 0 heterocycles. The molecule has 0 rings (SSSR count). The van der Waals surface area contributed by atoms with Gasteiger partial charge in [-0.05, 0) is 32.6 Å². The van der Waals surface area contributed by atoms with Gasteiger partial charge in [0.15, 0.2) is 0 Å². The molecule has 0 aromatic rings. The highest BCUT2D eigenvalue weighted by Crippen LogP contribution is 2.09. The number of hydrogen-bond donors (Lipinski definition) is 0. The summed E-state index contributed by atoms with van der Waals surface area (Å²) < 4.78 is 5.27. The van der Waals surface area contributed by atoms with Crippen LogP contribution in [-0.2, 0) is 4.74 Å². The maximum atomic E-state index is 5.27. The smallest absolute Gasteiger partial charge is 0.0943 e. The van der Waals surface area contributed by atoms with E-state index in [9.17, 15) is 0 Å². The average molecular weight is 215 g/mol. The predicted octanol–water partition coefficient (Wildman–Crippen LogP) is 3.14. The molecule has 0 aromatic carbocycles. The minimum Gasteiger partial charge on any atom is -0.498 e. The van der Waals surface area contributed by atoms with Gasteiger partial charge in [-0.1, -0.05) is 6.92 Å². The molecule has 1 atom stereocenters. The quantitative estimate of drug-likeness (QED) is 0.480. The van der Waals surface area contributed by atoms with Gasteiger partial charge in [-0.25, -0.2) is 0 Å². The molecule has 0 N–H and O–H groups in total. The second kappa shape index (κ2) is 9.13. The number of aliphatic imine (C=N–C) groups is 1. The van der Waals surface area contributed by atoms with Crippen molar-refractivity contribution in [2.24, 2.45) is 4.99 Å². The molecule has 82 valence electrons. The summed E-state index contributed by atoms with van der Waals surface area (Å²) in [7, 11) is 0. The van der Waals surface area contributed by atoms with Crippen LogP contribution in [0, 0.1) is 0 Å². The first-order chi connectivity index (χ1) is 6.74. The molecular formula is C11H21NOS. The highest BCUT2D eigenvalue weighted by atomic mass is 32.2. The molecule has 1 unspecified atom stereocenters. The van der Waals surface area contributed by atoms with Crippen molar-refractivity contribution in [2.75, 3.05) is 19.4 Å². The van der Waals surface area contributed by atoms with E-state index in [0.717, 1.165) is 18.9 Å². The molecule has 2 nitrogen and oxygen atoms in total. The fourth-order valence-corrected chi connectivity index (χ4v) is 1.55. The van der Waals surface area contributed by atoms with Crippen molar-refractivity contribution in [1.29, 1.82) is 0 Å². The molecule has 3 heteroatoms. The summed E-state index contributed by atoms with van der Waals surface area (Å²) in [6.45, 7) is 7.74. The lowest BCUT2D eigenvalue weighted by Crippen LogP contribution is -2.04. The largest absolute Gasteiger partial charge is 0.498 e. The number of hydrogen-bond acceptors (Lipinski definition) is 3. The topological polar surface area (TPSA) is 21.6 Å². The summed E-state index contributed by atoms with van der Waals surface area (Å²) in [6.07, 6.45) is 7.05. The van der Waals surface area contributed by atoms with Crippen LogP contribution < -0.4 is 0 Å². The van der Waals surface area contributed by atoms with E-state index in [1.807, 2.05) is 37.9 Å². The fraction of sp³-hybridized carbons (Fsp3) is 0.727. The van der Waals surface area contributed by atoms with E-state index >= 15 is 0 Å². The molecule has 0 saturated heterocycles. The lowest BCUT2D eigenvalue weighted by atomic mass is 10.3. The Kier molecular flexibility index (Phi) is 8.84. The zero-order valence-electron chi connectivity index (χ0n) is 9.62. The summed E-state index contributed by atoms with van der Waals surface area (Å²) in [5.41, 5.74) is 0. The Bertz CT molecular complexity index is 186. The Morgan fingerprint density at radius 2 is 2.21 bits per heavy atom. The zero-order valence-corrected chi connectivity index (χ0v) is 10.4. The van der Waals surface area contributed by atoms with Crippen LogP contribution in [0.1, 0.15) is 27.2 Å². The van der Waals surface area contributed by atoms with Gasteiger partial charge in [-0.3, -0.25) is 4.99 Å². The Hall–Kier alpha value is -0.440. The zero-order chi connectivity index (χ0) is 10.8. The third-order valence-corrected chi connectivity index (χ3v) is 3.03. The third-order valence-electron chi connectivity index (χ3n) is 1.88. The molecule has 14 heavy (non-hydrogen) atoms. The Morgan fingerprint density at radius 3 is 2.71 bits per heavy atom. The van der Waals surface area contributed by atoms with Gasteiger partial charge < -0.3 is 4.74 Å². The average Bonchev–Trinajstić information content (AvgIpc) is 2.19. The van der Waals surface area contributed by atoms with Gasteiger partial charge in [0, 0.05) is 11.5 Å². The minimum absolute atomic E-state index is 0.645. The summed E-state index contributed by atoms with van der Waals surface area (Å²) in [4.78, 5) is 4.33. The maximum Gasteiger partial charge on any atom is 0.0943 e. The van der Waals surface area contributed by atoms with Crippen LogP contribution in [0.3, 0.4) is 0 Å². The molecule has 0 saturated carbocycles. The van der Waals surface area contributed by atoms with Crippen LogP contribution in [0.2, 0.25) is 0 Å². The number of thioether (sulfide) groups is 1. The number of ether oxygens (including phenoxy) is 1. The van der Waals surface area contributed by atoms with Gasteiger partial charge in [0.05, 0.1) is 18.9 Å². The van der Waals surface area contributed by atoms with Crippen LogP contribution in [0.4, 0.5) is 0 Å². The summed E-state index contributed by atoms with van der Waals surface area (Å²) in [5.74, 6) is 0.924. The molecule has 0 aromatic heterocycles. The molecule has 0 radical (unpaired) electrons. The second-order valence-electron chi connectivity index (χ2n) is 2.99. The van der Waals surface area contributed by atoms with Gasteiger partial charge in [0.25, 0.3) is 0 Å². The monoisotopic (exact) mass is 215 g/mol. The van der Waals surface area contributed by atoms with E-state index in [1.54, 1.807) is 0 Å². The summed E-state index contributed by atoms with van der Waals surface area (Å²) >= 11 is 1.87. The van der Waals surface area contributed by atoms with Gasteiger partial charge in [-0.15, -0.1) is 0 Å². The first-order valence-electron chi connectivity index (χ1n) is 5.06. The second-order valence-corrected chi connectivity index (χ2v) is 4.13. The number of rotatable bonds is 7. The van der Waals surface area contributed by atoms with E-state index < -0.39 is 0 Å². The van der Waals surface area contributed by atoms with Crippen molar-refractivity contribution in [3.05, 3.63) is 11.8 Å². The Balaban J connectivity index is 3.76. The summed E-state index contributed by atoms with van der Waals surface area (Å²) in [6, 6.07) is 0. The van der Waals surface area contributed by atoms with Crippen molar-refractivity contribution < 1.29 is 4.74 Å². The minimum atomic E-state index is 0.645. The molecular weight excluding hydrogens is 194 g/mol. The highest BCUT2D eigenvalue weighted by Gasteiger charge is 1.99. The van der Waals surface area contributed by atoms with Crippen LogP contribution >= 0.6 is 11.8 Å². The predicted molar refractivity (Wildman–Crippen MR) is 66.3 cm³/mol. The number of allylic oxidation sites excluding steroid dienone is 2. The van der Waals surface area contributed by atoms with Crippen LogP contribution in [-0.4, -0.2) is 30.9 Å². The molecule has 0 spiro atoms.